The van der Waals surface area contributed by atoms with E-state index in [9.17, 15) is 24.3 Å². The number of fused-ring (bicyclic) bond motifs is 3. The number of benzene rings is 4. The van der Waals surface area contributed by atoms with Crippen molar-refractivity contribution in [1.82, 2.24) is 15.5 Å². The SMILES string of the molecule is O=C(N[C@H]1CCC=CC[C@H](CC(=O)N(CCO)Cc2ccccc2)C(=O)N[C@@H](c2ccccc2)COC1=O)OCC1c2ccccc2-c2ccccc21. The number of carbonyl (C=O) groups is 4. The number of amides is 3. The number of aliphatic hydroxyl groups excluding tert-OH is 1. The second kappa shape index (κ2) is 18.1. The molecule has 0 aromatic heterocycles. The summed E-state index contributed by atoms with van der Waals surface area (Å²) in [6.45, 7) is 0.159. The highest BCUT2D eigenvalue weighted by Crippen LogP contribution is 2.44. The summed E-state index contributed by atoms with van der Waals surface area (Å²) in [5.41, 5.74) is 6.03. The molecule has 4 aromatic rings. The molecule has 3 atom stereocenters. The van der Waals surface area contributed by atoms with E-state index in [-0.39, 0.29) is 63.4 Å². The van der Waals surface area contributed by atoms with Gasteiger partial charge in [0.2, 0.25) is 11.8 Å². The highest BCUT2D eigenvalue weighted by atomic mass is 16.6. The highest BCUT2D eigenvalue weighted by molar-refractivity contribution is 5.86. The van der Waals surface area contributed by atoms with Crippen LogP contribution < -0.4 is 10.6 Å². The zero-order valence-corrected chi connectivity index (χ0v) is 29.6. The van der Waals surface area contributed by atoms with E-state index in [4.69, 9.17) is 9.47 Å². The zero-order valence-electron chi connectivity index (χ0n) is 29.6. The van der Waals surface area contributed by atoms with Gasteiger partial charge in [-0.15, -0.1) is 0 Å². The fourth-order valence-electron chi connectivity index (χ4n) is 6.97. The van der Waals surface area contributed by atoms with Crippen LogP contribution in [0.3, 0.4) is 0 Å². The van der Waals surface area contributed by atoms with Gasteiger partial charge in [0, 0.05) is 25.4 Å². The minimum absolute atomic E-state index is 0.0731. The Labute approximate surface area is 309 Å². The Morgan fingerprint density at radius 3 is 2.17 bits per heavy atom. The first-order valence-electron chi connectivity index (χ1n) is 18.1. The van der Waals surface area contributed by atoms with Crippen molar-refractivity contribution in [2.45, 2.75) is 50.2 Å². The van der Waals surface area contributed by atoms with E-state index in [0.717, 1.165) is 33.4 Å². The highest BCUT2D eigenvalue weighted by Gasteiger charge is 2.31. The monoisotopic (exact) mass is 715 g/mol. The Bertz CT molecular complexity index is 1850. The van der Waals surface area contributed by atoms with Crippen LogP contribution in [0.5, 0.6) is 0 Å². The summed E-state index contributed by atoms with van der Waals surface area (Å²) in [7, 11) is 0. The van der Waals surface area contributed by atoms with Gasteiger partial charge in [-0.05, 0) is 52.6 Å². The lowest BCUT2D eigenvalue weighted by molar-refractivity contribution is -0.147. The minimum atomic E-state index is -0.995. The number of aliphatic hydroxyl groups is 1. The van der Waals surface area contributed by atoms with Crippen molar-refractivity contribution in [1.29, 1.82) is 0 Å². The Morgan fingerprint density at radius 1 is 0.849 bits per heavy atom. The Hall–Kier alpha value is -5.74. The average molecular weight is 716 g/mol. The number of alkyl carbamates (subject to hydrolysis) is 1. The summed E-state index contributed by atoms with van der Waals surface area (Å²) in [6.07, 6.45) is 3.78. The molecule has 3 amide bonds. The first kappa shape index (κ1) is 37.0. The van der Waals surface area contributed by atoms with Crippen molar-refractivity contribution in [2.75, 3.05) is 26.4 Å². The summed E-state index contributed by atoms with van der Waals surface area (Å²) in [5, 5.41) is 15.4. The fraction of sp³-hybridized carbons (Fsp3) is 0.302. The topological polar surface area (TPSA) is 134 Å². The smallest absolute Gasteiger partial charge is 0.407 e. The standard InChI is InChI=1S/C43H45N3O7/c47-25-24-46(27-30-14-4-1-5-15-30)40(48)26-32-18-8-3-9-23-38(42(50)52-29-39(44-41(32)49)31-16-6-2-7-17-31)45-43(51)53-28-37-35-21-12-10-19-33(35)34-20-11-13-22-36(34)37/h1-8,10-17,19-22,32,37-39,47H,9,18,23-29H2,(H,44,49)(H,45,51)/t32-,38+,39-/m1/s1. The maximum Gasteiger partial charge on any atom is 0.407 e. The van der Waals surface area contributed by atoms with Gasteiger partial charge in [-0.1, -0.05) is 121 Å². The molecular formula is C43H45N3O7. The van der Waals surface area contributed by atoms with Crippen molar-refractivity contribution in [3.05, 3.63) is 144 Å². The van der Waals surface area contributed by atoms with Crippen LogP contribution in [-0.2, 0) is 30.4 Å². The summed E-state index contributed by atoms with van der Waals surface area (Å²) in [5.74, 6) is -2.10. The molecule has 0 spiro atoms. The lowest BCUT2D eigenvalue weighted by atomic mass is 9.97. The van der Waals surface area contributed by atoms with Crippen LogP contribution in [0.15, 0.2) is 121 Å². The second-order valence-electron chi connectivity index (χ2n) is 13.3. The molecular weight excluding hydrogens is 670 g/mol. The van der Waals surface area contributed by atoms with Crippen molar-refractivity contribution in [2.24, 2.45) is 5.92 Å². The van der Waals surface area contributed by atoms with Gasteiger partial charge in [0.05, 0.1) is 18.6 Å². The molecule has 10 heteroatoms. The van der Waals surface area contributed by atoms with Crippen LogP contribution in [-0.4, -0.2) is 66.3 Å². The summed E-state index contributed by atoms with van der Waals surface area (Å²) in [4.78, 5) is 55.6. The number of nitrogens with one attached hydrogen (secondary N) is 2. The molecule has 0 unspecified atom stereocenters. The number of carbonyl (C=O) groups excluding carboxylic acids is 4. The van der Waals surface area contributed by atoms with Crippen molar-refractivity contribution >= 4 is 23.9 Å². The predicted octanol–water partition coefficient (Wildman–Crippen LogP) is 6.06. The van der Waals surface area contributed by atoms with Crippen LogP contribution in [0.1, 0.15) is 59.9 Å². The summed E-state index contributed by atoms with van der Waals surface area (Å²) >= 11 is 0. The molecule has 1 aliphatic heterocycles. The molecule has 6 rings (SSSR count). The third-order valence-electron chi connectivity index (χ3n) is 9.77. The molecule has 274 valence electrons. The van der Waals surface area contributed by atoms with E-state index in [1.807, 2.05) is 109 Å². The van der Waals surface area contributed by atoms with Crippen molar-refractivity contribution in [3.8, 4) is 11.1 Å². The predicted molar refractivity (Wildman–Crippen MR) is 200 cm³/mol. The van der Waals surface area contributed by atoms with Crippen LogP contribution in [0.4, 0.5) is 4.79 Å². The average Bonchev–Trinajstić information content (AvgIpc) is 3.51. The summed E-state index contributed by atoms with van der Waals surface area (Å²) < 4.78 is 11.5. The molecule has 53 heavy (non-hydrogen) atoms. The zero-order chi connectivity index (χ0) is 37.0. The van der Waals surface area contributed by atoms with E-state index < -0.39 is 30.1 Å². The van der Waals surface area contributed by atoms with Gasteiger partial charge in [-0.3, -0.25) is 9.59 Å². The van der Waals surface area contributed by atoms with Crippen LogP contribution in [0, 0.1) is 5.92 Å². The number of esters is 1. The molecule has 0 saturated heterocycles. The molecule has 0 saturated carbocycles. The molecule has 1 heterocycles. The van der Waals surface area contributed by atoms with E-state index in [2.05, 4.69) is 22.8 Å². The molecule has 0 fully saturated rings. The van der Waals surface area contributed by atoms with Gasteiger partial charge in [0.15, 0.2) is 0 Å². The maximum atomic E-state index is 13.8. The first-order valence-corrected chi connectivity index (χ1v) is 18.1. The van der Waals surface area contributed by atoms with Crippen LogP contribution >= 0.6 is 0 Å². The van der Waals surface area contributed by atoms with E-state index in [1.54, 1.807) is 4.90 Å². The van der Waals surface area contributed by atoms with Gasteiger partial charge in [-0.2, -0.15) is 0 Å². The molecule has 10 nitrogen and oxygen atoms in total. The van der Waals surface area contributed by atoms with E-state index in [0.29, 0.717) is 13.0 Å². The van der Waals surface area contributed by atoms with Gasteiger partial charge in [0.25, 0.3) is 0 Å². The molecule has 0 radical (unpaired) electrons. The summed E-state index contributed by atoms with van der Waals surface area (Å²) in [6, 6.07) is 33.1. The first-order chi connectivity index (χ1) is 25.9. The number of allylic oxidation sites excluding steroid dienone is 2. The molecule has 4 aromatic carbocycles. The third kappa shape index (κ3) is 9.58. The number of ether oxygens (including phenoxy) is 2. The number of nitrogens with zero attached hydrogens (tertiary/aromatic N) is 1. The normalized spacial score (nSPS) is 18.9. The molecule has 3 N–H and O–H groups in total. The quantitative estimate of drug-likeness (QED) is 0.134. The lowest BCUT2D eigenvalue weighted by Gasteiger charge is -2.26. The number of cyclic esters (lactones) is 1. The van der Waals surface area contributed by atoms with Crippen molar-refractivity contribution < 1.29 is 33.8 Å². The largest absolute Gasteiger partial charge is 0.462 e. The van der Waals surface area contributed by atoms with Gasteiger partial charge >= 0.3 is 12.1 Å². The maximum absolute atomic E-state index is 13.8. The molecule has 2 aliphatic rings. The van der Waals surface area contributed by atoms with Crippen molar-refractivity contribution in [3.63, 3.8) is 0 Å². The fourth-order valence-corrected chi connectivity index (χ4v) is 6.97. The Balaban J connectivity index is 1.14. The Morgan fingerprint density at radius 2 is 1.49 bits per heavy atom. The van der Waals surface area contributed by atoms with Gasteiger partial charge in [0.1, 0.15) is 19.3 Å². The minimum Gasteiger partial charge on any atom is -0.462 e. The van der Waals surface area contributed by atoms with Crippen LogP contribution in [0.2, 0.25) is 0 Å². The number of hydrogen-bond donors (Lipinski definition) is 3. The Kier molecular flexibility index (Phi) is 12.7. The third-order valence-corrected chi connectivity index (χ3v) is 9.77. The molecule has 0 bridgehead atoms. The number of rotatable bonds is 10. The van der Waals surface area contributed by atoms with Gasteiger partial charge < -0.3 is 30.1 Å². The molecule has 1 aliphatic carbocycles. The second-order valence-corrected chi connectivity index (χ2v) is 13.3. The van der Waals surface area contributed by atoms with E-state index in [1.165, 1.54) is 0 Å². The van der Waals surface area contributed by atoms with Crippen LogP contribution in [0.25, 0.3) is 11.1 Å². The lowest BCUT2D eigenvalue weighted by Crippen LogP contribution is -2.44. The number of hydrogen-bond acceptors (Lipinski definition) is 7. The van der Waals surface area contributed by atoms with E-state index >= 15 is 0 Å². The van der Waals surface area contributed by atoms with Gasteiger partial charge in [-0.25, -0.2) is 9.59 Å².